The topological polar surface area (TPSA) is 24.9 Å². The summed E-state index contributed by atoms with van der Waals surface area (Å²) in [5.74, 6) is 0. The number of rotatable bonds is 4. The molecule has 1 heterocycles. The van der Waals surface area contributed by atoms with Gasteiger partial charge in [0.25, 0.3) is 0 Å². The molecule has 19 heavy (non-hydrogen) atoms. The summed E-state index contributed by atoms with van der Waals surface area (Å²) in [6, 6.07) is 11.4. The van der Waals surface area contributed by atoms with Crippen molar-refractivity contribution in [2.45, 2.75) is 37.1 Å². The molecule has 3 heteroatoms. The number of thioether (sulfide) groups is 1. The smallest absolute Gasteiger partial charge is 0.0702 e. The fraction of sp³-hybridized carbons (Fsp3) is 0.438. The number of nitrogens with one attached hydrogen (secondary N) is 1. The van der Waals surface area contributed by atoms with E-state index in [2.05, 4.69) is 40.8 Å². The third kappa shape index (κ3) is 2.93. The number of fused-ring (bicyclic) bond motifs is 1. The average molecular weight is 272 g/mol. The van der Waals surface area contributed by atoms with E-state index in [1.54, 1.807) is 0 Å². The van der Waals surface area contributed by atoms with Gasteiger partial charge in [-0.1, -0.05) is 18.6 Å². The fourth-order valence-electron chi connectivity index (χ4n) is 2.93. The van der Waals surface area contributed by atoms with E-state index in [0.717, 1.165) is 17.3 Å². The third-order valence-electron chi connectivity index (χ3n) is 3.99. The average Bonchev–Trinajstić information content (AvgIpc) is 2.92. The molecule has 3 rings (SSSR count). The van der Waals surface area contributed by atoms with Crippen molar-refractivity contribution >= 4 is 22.7 Å². The SMILES string of the molecule is CSC1CCCC1NCc1ccc2ncccc2c1. The van der Waals surface area contributed by atoms with E-state index >= 15 is 0 Å². The van der Waals surface area contributed by atoms with Crippen LogP contribution in [0.25, 0.3) is 10.9 Å². The predicted octanol–water partition coefficient (Wildman–Crippen LogP) is 3.61. The van der Waals surface area contributed by atoms with Crippen molar-refractivity contribution < 1.29 is 0 Å². The van der Waals surface area contributed by atoms with E-state index in [-0.39, 0.29) is 0 Å². The molecule has 2 aromatic rings. The number of hydrogen-bond acceptors (Lipinski definition) is 3. The molecule has 0 amide bonds. The molecule has 1 aromatic carbocycles. The lowest BCUT2D eigenvalue weighted by molar-refractivity contribution is 0.532. The molecule has 0 bridgehead atoms. The zero-order valence-corrected chi connectivity index (χ0v) is 12.1. The van der Waals surface area contributed by atoms with Crippen LogP contribution in [0.2, 0.25) is 0 Å². The maximum Gasteiger partial charge on any atom is 0.0702 e. The Kier molecular flexibility index (Phi) is 4.04. The highest BCUT2D eigenvalue weighted by atomic mass is 32.2. The van der Waals surface area contributed by atoms with Crippen molar-refractivity contribution in [2.75, 3.05) is 6.26 Å². The van der Waals surface area contributed by atoms with Gasteiger partial charge in [0, 0.05) is 29.4 Å². The Balaban J connectivity index is 1.68. The fourth-order valence-corrected chi connectivity index (χ4v) is 3.89. The first kappa shape index (κ1) is 12.9. The minimum Gasteiger partial charge on any atom is -0.309 e. The van der Waals surface area contributed by atoms with Gasteiger partial charge in [0.15, 0.2) is 0 Å². The molecule has 0 aliphatic heterocycles. The van der Waals surface area contributed by atoms with Gasteiger partial charge >= 0.3 is 0 Å². The molecule has 2 nitrogen and oxygen atoms in total. The second-order valence-electron chi connectivity index (χ2n) is 5.22. The number of pyridine rings is 1. The molecule has 0 spiro atoms. The highest BCUT2D eigenvalue weighted by molar-refractivity contribution is 7.99. The van der Waals surface area contributed by atoms with Gasteiger partial charge in [0.05, 0.1) is 5.52 Å². The lowest BCUT2D eigenvalue weighted by atomic mass is 10.1. The van der Waals surface area contributed by atoms with E-state index in [9.17, 15) is 0 Å². The van der Waals surface area contributed by atoms with Gasteiger partial charge in [0.2, 0.25) is 0 Å². The van der Waals surface area contributed by atoms with Gasteiger partial charge in [-0.25, -0.2) is 0 Å². The lowest BCUT2D eigenvalue weighted by Gasteiger charge is -2.19. The first-order chi connectivity index (χ1) is 9.36. The van der Waals surface area contributed by atoms with Crippen LogP contribution in [0.1, 0.15) is 24.8 Å². The van der Waals surface area contributed by atoms with Gasteiger partial charge in [-0.05, 0) is 42.9 Å². The molecule has 1 aromatic heterocycles. The maximum atomic E-state index is 4.36. The van der Waals surface area contributed by atoms with Crippen LogP contribution in [-0.2, 0) is 6.54 Å². The molecule has 1 saturated carbocycles. The van der Waals surface area contributed by atoms with Crippen molar-refractivity contribution in [1.82, 2.24) is 10.3 Å². The van der Waals surface area contributed by atoms with E-state index in [4.69, 9.17) is 0 Å². The molecule has 0 saturated heterocycles. The molecule has 1 fully saturated rings. The van der Waals surface area contributed by atoms with Crippen LogP contribution < -0.4 is 5.32 Å². The lowest BCUT2D eigenvalue weighted by Crippen LogP contribution is -2.33. The van der Waals surface area contributed by atoms with Crippen LogP contribution in [0, 0.1) is 0 Å². The molecule has 1 N–H and O–H groups in total. The molecule has 1 aliphatic rings. The van der Waals surface area contributed by atoms with E-state index in [1.165, 1.54) is 30.2 Å². The second-order valence-corrected chi connectivity index (χ2v) is 6.30. The summed E-state index contributed by atoms with van der Waals surface area (Å²) < 4.78 is 0. The minimum absolute atomic E-state index is 0.680. The van der Waals surface area contributed by atoms with Crippen molar-refractivity contribution in [1.29, 1.82) is 0 Å². The highest BCUT2D eigenvalue weighted by Gasteiger charge is 2.25. The summed E-state index contributed by atoms with van der Waals surface area (Å²) in [7, 11) is 0. The molecular formula is C16H20N2S. The number of benzene rings is 1. The monoisotopic (exact) mass is 272 g/mol. The van der Waals surface area contributed by atoms with Gasteiger partial charge in [-0.3, -0.25) is 4.98 Å². The van der Waals surface area contributed by atoms with Crippen molar-refractivity contribution in [3.63, 3.8) is 0 Å². The van der Waals surface area contributed by atoms with Crippen molar-refractivity contribution in [3.8, 4) is 0 Å². The summed E-state index contributed by atoms with van der Waals surface area (Å²) in [6.07, 6.45) is 8.13. The van der Waals surface area contributed by atoms with Crippen LogP contribution >= 0.6 is 11.8 Å². The van der Waals surface area contributed by atoms with E-state index < -0.39 is 0 Å². The Labute approximate surface area is 119 Å². The van der Waals surface area contributed by atoms with Gasteiger partial charge in [-0.2, -0.15) is 11.8 Å². The van der Waals surface area contributed by atoms with Gasteiger partial charge in [0.1, 0.15) is 0 Å². The number of nitrogens with zero attached hydrogens (tertiary/aromatic N) is 1. The Bertz CT molecular complexity index is 555. The first-order valence-corrected chi connectivity index (χ1v) is 8.25. The standard InChI is InChI=1S/C16H20N2S/c1-19-16-6-2-5-15(16)18-11-12-7-8-14-13(10-12)4-3-9-17-14/h3-4,7-10,15-16,18H,2,5-6,11H2,1H3. The van der Waals surface area contributed by atoms with Crippen LogP contribution in [0.3, 0.4) is 0 Å². The summed E-state index contributed by atoms with van der Waals surface area (Å²) in [6.45, 7) is 0.965. The molecule has 1 aliphatic carbocycles. The van der Waals surface area contributed by atoms with Crippen molar-refractivity contribution in [2.24, 2.45) is 0 Å². The van der Waals surface area contributed by atoms with Gasteiger partial charge < -0.3 is 5.32 Å². The Hall–Kier alpha value is -1.06. The summed E-state index contributed by atoms with van der Waals surface area (Å²) >= 11 is 2.01. The predicted molar refractivity (Wildman–Crippen MR) is 83.5 cm³/mol. The van der Waals surface area contributed by atoms with Crippen LogP contribution in [0.4, 0.5) is 0 Å². The van der Waals surface area contributed by atoms with E-state index in [1.807, 2.05) is 24.0 Å². The number of aromatic nitrogens is 1. The van der Waals surface area contributed by atoms with Crippen LogP contribution in [0.15, 0.2) is 36.5 Å². The molecule has 2 atom stereocenters. The number of hydrogen-bond donors (Lipinski definition) is 1. The summed E-state index contributed by atoms with van der Waals surface area (Å²) in [5, 5.41) is 5.75. The summed E-state index contributed by atoms with van der Waals surface area (Å²) in [5.41, 5.74) is 2.43. The Morgan fingerprint density at radius 3 is 3.16 bits per heavy atom. The zero-order chi connectivity index (χ0) is 13.1. The highest BCUT2D eigenvalue weighted by Crippen LogP contribution is 2.28. The molecule has 2 unspecified atom stereocenters. The third-order valence-corrected chi connectivity index (χ3v) is 5.16. The summed E-state index contributed by atoms with van der Waals surface area (Å²) in [4.78, 5) is 4.36. The quantitative estimate of drug-likeness (QED) is 0.920. The zero-order valence-electron chi connectivity index (χ0n) is 11.3. The maximum absolute atomic E-state index is 4.36. The molecular weight excluding hydrogens is 252 g/mol. The van der Waals surface area contributed by atoms with E-state index in [0.29, 0.717) is 6.04 Å². The normalized spacial score (nSPS) is 23.0. The van der Waals surface area contributed by atoms with Crippen LogP contribution in [0.5, 0.6) is 0 Å². The van der Waals surface area contributed by atoms with Crippen LogP contribution in [-0.4, -0.2) is 22.5 Å². The largest absolute Gasteiger partial charge is 0.309 e. The van der Waals surface area contributed by atoms with Gasteiger partial charge in [-0.15, -0.1) is 0 Å². The second kappa shape index (κ2) is 5.93. The minimum atomic E-state index is 0.680. The molecule has 100 valence electrons. The first-order valence-electron chi connectivity index (χ1n) is 6.96. The Morgan fingerprint density at radius 1 is 1.32 bits per heavy atom. The molecule has 0 radical (unpaired) electrons. The van der Waals surface area contributed by atoms with Crippen molar-refractivity contribution in [3.05, 3.63) is 42.1 Å². The Morgan fingerprint density at radius 2 is 2.26 bits per heavy atom.